The summed E-state index contributed by atoms with van der Waals surface area (Å²) in [4.78, 5) is 19.7. The Morgan fingerprint density at radius 1 is 1.15 bits per heavy atom. The molecule has 0 saturated heterocycles. The van der Waals surface area contributed by atoms with Crippen LogP contribution < -0.4 is 15.0 Å². The molecule has 0 saturated carbocycles. The van der Waals surface area contributed by atoms with Crippen molar-refractivity contribution in [1.29, 1.82) is 0 Å². The number of rotatable bonds is 3. The highest BCUT2D eigenvalue weighted by molar-refractivity contribution is 7.18. The summed E-state index contributed by atoms with van der Waals surface area (Å²) < 4.78 is 12.5. The standard InChI is InChI=1S/C20H20N2O3S/c1-11-12(2)26-19-17(11)20(23)22-6-5-14(18(22)21-19)7-13-8-15(24-3)10-16(9-13)25-4/h7-10H,5-6H2,1-4H3/b14-7-. The van der Waals surface area contributed by atoms with Crippen molar-refractivity contribution in [3.63, 3.8) is 0 Å². The maximum Gasteiger partial charge on any atom is 0.262 e. The fraction of sp³-hybridized carbons (Fsp3) is 0.300. The Morgan fingerprint density at radius 3 is 2.50 bits per heavy atom. The number of ether oxygens (including phenoxy) is 2. The minimum atomic E-state index is 0.0680. The lowest BCUT2D eigenvalue weighted by Gasteiger charge is -2.07. The van der Waals surface area contributed by atoms with E-state index in [1.165, 1.54) is 0 Å². The molecule has 1 aliphatic heterocycles. The predicted molar refractivity (Wildman–Crippen MR) is 105 cm³/mol. The fourth-order valence-corrected chi connectivity index (χ4v) is 4.39. The maximum atomic E-state index is 12.9. The van der Waals surface area contributed by atoms with E-state index in [9.17, 15) is 4.79 Å². The first kappa shape index (κ1) is 16.8. The minimum absolute atomic E-state index is 0.0680. The van der Waals surface area contributed by atoms with E-state index in [1.807, 2.05) is 32.0 Å². The summed E-state index contributed by atoms with van der Waals surface area (Å²) in [5.74, 6) is 2.24. The Balaban J connectivity index is 1.87. The number of nitrogens with zero attached hydrogens (tertiary/aromatic N) is 2. The topological polar surface area (TPSA) is 53.4 Å². The largest absolute Gasteiger partial charge is 0.497 e. The molecule has 2 aromatic heterocycles. The average Bonchev–Trinajstić information content (AvgIpc) is 3.16. The molecule has 5 nitrogen and oxygen atoms in total. The first-order chi connectivity index (χ1) is 12.5. The summed E-state index contributed by atoms with van der Waals surface area (Å²) in [6.45, 7) is 4.70. The normalized spacial score (nSPS) is 14.8. The molecule has 0 amide bonds. The quantitative estimate of drug-likeness (QED) is 0.700. The van der Waals surface area contributed by atoms with Crippen LogP contribution in [0, 0.1) is 13.8 Å². The van der Waals surface area contributed by atoms with Gasteiger partial charge in [-0.05, 0) is 55.2 Å². The van der Waals surface area contributed by atoms with Gasteiger partial charge in [0.25, 0.3) is 5.56 Å². The van der Waals surface area contributed by atoms with Crippen LogP contribution in [0.5, 0.6) is 11.5 Å². The highest BCUT2D eigenvalue weighted by Crippen LogP contribution is 2.33. The van der Waals surface area contributed by atoms with Crippen LogP contribution in [0.15, 0.2) is 23.0 Å². The van der Waals surface area contributed by atoms with E-state index in [1.54, 1.807) is 30.1 Å². The third kappa shape index (κ3) is 2.61. The van der Waals surface area contributed by atoms with E-state index in [2.05, 4.69) is 6.08 Å². The van der Waals surface area contributed by atoms with Gasteiger partial charge in [0.15, 0.2) is 0 Å². The summed E-state index contributed by atoms with van der Waals surface area (Å²) in [7, 11) is 3.27. The third-order valence-electron chi connectivity index (χ3n) is 4.90. The molecular formula is C20H20N2O3S. The second-order valence-electron chi connectivity index (χ2n) is 6.42. The lowest BCUT2D eigenvalue weighted by atomic mass is 10.1. The van der Waals surface area contributed by atoms with Crippen molar-refractivity contribution >= 4 is 33.2 Å². The summed E-state index contributed by atoms with van der Waals surface area (Å²) in [5.41, 5.74) is 3.15. The average molecular weight is 368 g/mol. The van der Waals surface area contributed by atoms with Crippen LogP contribution >= 0.6 is 11.3 Å². The van der Waals surface area contributed by atoms with Crippen molar-refractivity contribution in [2.45, 2.75) is 26.8 Å². The zero-order valence-electron chi connectivity index (χ0n) is 15.3. The predicted octanol–water partition coefficient (Wildman–Crippen LogP) is 4.04. The van der Waals surface area contributed by atoms with Crippen LogP contribution in [0.2, 0.25) is 0 Å². The molecule has 0 fully saturated rings. The third-order valence-corrected chi connectivity index (χ3v) is 6.00. The van der Waals surface area contributed by atoms with Gasteiger partial charge in [-0.1, -0.05) is 0 Å². The van der Waals surface area contributed by atoms with E-state index in [0.717, 1.165) is 55.5 Å². The summed E-state index contributed by atoms with van der Waals surface area (Å²) >= 11 is 1.59. The van der Waals surface area contributed by atoms with E-state index >= 15 is 0 Å². The number of hydrogen-bond donors (Lipinski definition) is 0. The van der Waals surface area contributed by atoms with Crippen molar-refractivity contribution < 1.29 is 9.47 Å². The molecule has 0 atom stereocenters. The Labute approximate surface area is 155 Å². The fourth-order valence-electron chi connectivity index (χ4n) is 3.37. The van der Waals surface area contributed by atoms with Gasteiger partial charge in [0.05, 0.1) is 19.6 Å². The number of hydrogen-bond acceptors (Lipinski definition) is 5. The van der Waals surface area contributed by atoms with Crippen molar-refractivity contribution in [2.75, 3.05) is 14.2 Å². The number of fused-ring (bicyclic) bond motifs is 2. The number of methoxy groups -OCH3 is 2. The lowest BCUT2D eigenvalue weighted by Crippen LogP contribution is -2.20. The van der Waals surface area contributed by atoms with E-state index in [4.69, 9.17) is 14.5 Å². The Morgan fingerprint density at radius 2 is 1.85 bits per heavy atom. The van der Waals surface area contributed by atoms with Gasteiger partial charge >= 0.3 is 0 Å². The molecule has 26 heavy (non-hydrogen) atoms. The zero-order chi connectivity index (χ0) is 18.4. The van der Waals surface area contributed by atoms with Gasteiger partial charge in [-0.25, -0.2) is 4.98 Å². The highest BCUT2D eigenvalue weighted by Gasteiger charge is 2.23. The minimum Gasteiger partial charge on any atom is -0.497 e. The smallest absolute Gasteiger partial charge is 0.262 e. The summed E-state index contributed by atoms with van der Waals surface area (Å²) in [6.07, 6.45) is 2.85. The number of benzene rings is 1. The van der Waals surface area contributed by atoms with Crippen LogP contribution in [0.4, 0.5) is 0 Å². The van der Waals surface area contributed by atoms with Gasteiger partial charge in [0.1, 0.15) is 22.2 Å². The molecule has 0 radical (unpaired) electrons. The molecule has 3 aromatic rings. The van der Waals surface area contributed by atoms with Crippen molar-refractivity contribution in [3.05, 3.63) is 50.4 Å². The monoisotopic (exact) mass is 368 g/mol. The molecule has 0 unspecified atom stereocenters. The van der Waals surface area contributed by atoms with Crippen molar-refractivity contribution in [3.8, 4) is 11.5 Å². The zero-order valence-corrected chi connectivity index (χ0v) is 16.1. The molecular weight excluding hydrogens is 348 g/mol. The van der Waals surface area contributed by atoms with E-state index in [-0.39, 0.29) is 5.56 Å². The molecule has 1 aliphatic rings. The van der Waals surface area contributed by atoms with Crippen molar-refractivity contribution in [1.82, 2.24) is 9.55 Å². The van der Waals surface area contributed by atoms with E-state index < -0.39 is 0 Å². The number of allylic oxidation sites excluding steroid dienone is 1. The van der Waals surface area contributed by atoms with Crippen molar-refractivity contribution in [2.24, 2.45) is 0 Å². The molecule has 0 N–H and O–H groups in total. The van der Waals surface area contributed by atoms with Crippen LogP contribution in [-0.2, 0) is 6.54 Å². The van der Waals surface area contributed by atoms with Gasteiger partial charge in [-0.15, -0.1) is 11.3 Å². The molecule has 0 spiro atoms. The second kappa shape index (κ2) is 6.29. The molecule has 4 rings (SSSR count). The number of thiophene rings is 1. The maximum absolute atomic E-state index is 12.9. The lowest BCUT2D eigenvalue weighted by molar-refractivity contribution is 0.394. The SMILES string of the molecule is COc1cc(/C=C2/CCn3c2nc2sc(C)c(C)c2c3=O)cc(OC)c1. The van der Waals surface area contributed by atoms with Crippen LogP contribution in [0.1, 0.15) is 28.2 Å². The van der Waals surface area contributed by atoms with Gasteiger partial charge < -0.3 is 9.47 Å². The second-order valence-corrected chi connectivity index (χ2v) is 7.62. The Hall–Kier alpha value is -2.60. The van der Waals surface area contributed by atoms with E-state index in [0.29, 0.717) is 6.54 Å². The Bertz CT molecular complexity index is 1090. The van der Waals surface area contributed by atoms with Gasteiger partial charge in [0.2, 0.25) is 0 Å². The first-order valence-corrected chi connectivity index (χ1v) is 9.28. The van der Waals surface area contributed by atoms with Crippen LogP contribution in [-0.4, -0.2) is 23.8 Å². The molecule has 0 aliphatic carbocycles. The first-order valence-electron chi connectivity index (χ1n) is 8.46. The number of aromatic nitrogens is 2. The number of aryl methyl sites for hydroxylation is 2. The molecule has 1 aromatic carbocycles. The molecule has 6 heteroatoms. The van der Waals surface area contributed by atoms with Crippen LogP contribution in [0.25, 0.3) is 21.9 Å². The molecule has 134 valence electrons. The molecule has 0 bridgehead atoms. The van der Waals surface area contributed by atoms with Gasteiger partial charge in [0, 0.05) is 17.5 Å². The van der Waals surface area contributed by atoms with Gasteiger partial charge in [-0.3, -0.25) is 9.36 Å². The summed E-state index contributed by atoms with van der Waals surface area (Å²) in [5, 5.41) is 0.764. The Kier molecular flexibility index (Phi) is 4.07. The molecule has 3 heterocycles. The summed E-state index contributed by atoms with van der Waals surface area (Å²) in [6, 6.07) is 5.75. The van der Waals surface area contributed by atoms with Gasteiger partial charge in [-0.2, -0.15) is 0 Å². The van der Waals surface area contributed by atoms with Crippen LogP contribution in [0.3, 0.4) is 0 Å². The highest BCUT2D eigenvalue weighted by atomic mass is 32.1.